The van der Waals surface area contributed by atoms with Crippen LogP contribution in [0.1, 0.15) is 12.7 Å². The zero-order valence-electron chi connectivity index (χ0n) is 9.97. The number of nitrogens with one attached hydrogen (secondary N) is 1. The van der Waals surface area contributed by atoms with Crippen LogP contribution in [0, 0.1) is 6.92 Å². The molecule has 1 aromatic carbocycles. The second-order valence-corrected chi connectivity index (χ2v) is 3.58. The molecule has 1 N–H and O–H groups in total. The molecule has 0 fully saturated rings. The first kappa shape index (κ1) is 11.4. The Bertz CT molecular complexity index is 485. The Labute approximate surface area is 101 Å². The van der Waals surface area contributed by atoms with Gasteiger partial charge in [0, 0.05) is 12.6 Å². The first-order chi connectivity index (χ1) is 8.28. The Hall–Kier alpha value is -2.10. The molecule has 0 unspecified atom stereocenters. The van der Waals surface area contributed by atoms with Gasteiger partial charge in [-0.2, -0.15) is 4.98 Å². The molecular weight excluding hydrogens is 214 g/mol. The van der Waals surface area contributed by atoms with Crippen molar-refractivity contribution in [3.63, 3.8) is 0 Å². The van der Waals surface area contributed by atoms with Crippen molar-refractivity contribution >= 4 is 5.82 Å². The van der Waals surface area contributed by atoms with Crippen LogP contribution in [-0.2, 0) is 0 Å². The Morgan fingerprint density at radius 2 is 1.94 bits per heavy atom. The summed E-state index contributed by atoms with van der Waals surface area (Å²) in [6.07, 6.45) is 0. The third-order valence-corrected chi connectivity index (χ3v) is 2.14. The number of benzene rings is 1. The number of para-hydroxylation sites is 1. The fourth-order valence-corrected chi connectivity index (χ4v) is 1.47. The molecule has 0 aliphatic carbocycles. The predicted molar refractivity (Wildman–Crippen MR) is 67.4 cm³/mol. The molecule has 0 aliphatic heterocycles. The van der Waals surface area contributed by atoms with Crippen molar-refractivity contribution < 1.29 is 4.74 Å². The summed E-state index contributed by atoms with van der Waals surface area (Å²) in [6, 6.07) is 11.4. The van der Waals surface area contributed by atoms with Crippen molar-refractivity contribution in [1.29, 1.82) is 0 Å². The summed E-state index contributed by atoms with van der Waals surface area (Å²) >= 11 is 0. The molecule has 0 spiro atoms. The number of nitrogens with zero attached hydrogens (tertiary/aromatic N) is 2. The van der Waals surface area contributed by atoms with E-state index in [9.17, 15) is 0 Å². The lowest BCUT2D eigenvalue weighted by Gasteiger charge is -2.08. The molecule has 0 aliphatic rings. The molecular formula is C13H15N3O. The van der Waals surface area contributed by atoms with Crippen LogP contribution in [0.4, 0.5) is 5.82 Å². The van der Waals surface area contributed by atoms with Crippen molar-refractivity contribution in [2.45, 2.75) is 13.8 Å². The van der Waals surface area contributed by atoms with Crippen LogP contribution >= 0.6 is 0 Å². The maximum absolute atomic E-state index is 5.66. The Morgan fingerprint density at radius 3 is 2.65 bits per heavy atom. The summed E-state index contributed by atoms with van der Waals surface area (Å²) in [4.78, 5) is 8.50. The molecule has 88 valence electrons. The van der Waals surface area contributed by atoms with Crippen LogP contribution in [0.2, 0.25) is 0 Å². The van der Waals surface area contributed by atoms with Crippen molar-refractivity contribution in [2.24, 2.45) is 0 Å². The van der Waals surface area contributed by atoms with Crippen LogP contribution in [0.3, 0.4) is 0 Å². The molecule has 17 heavy (non-hydrogen) atoms. The van der Waals surface area contributed by atoms with Gasteiger partial charge in [-0.1, -0.05) is 18.2 Å². The highest BCUT2D eigenvalue weighted by Crippen LogP contribution is 2.20. The van der Waals surface area contributed by atoms with Gasteiger partial charge in [-0.05, 0) is 26.0 Å². The molecule has 0 amide bonds. The van der Waals surface area contributed by atoms with Gasteiger partial charge in [0.15, 0.2) is 0 Å². The Balaban J connectivity index is 2.21. The molecule has 2 rings (SSSR count). The summed E-state index contributed by atoms with van der Waals surface area (Å²) in [5.41, 5.74) is 0. The van der Waals surface area contributed by atoms with Crippen LogP contribution in [0.5, 0.6) is 11.6 Å². The lowest BCUT2D eigenvalue weighted by atomic mass is 10.3. The number of rotatable bonds is 4. The second kappa shape index (κ2) is 5.30. The van der Waals surface area contributed by atoms with Gasteiger partial charge in [0.2, 0.25) is 5.88 Å². The van der Waals surface area contributed by atoms with E-state index < -0.39 is 0 Å². The summed E-state index contributed by atoms with van der Waals surface area (Å²) in [5.74, 6) is 2.80. The fourth-order valence-electron chi connectivity index (χ4n) is 1.47. The van der Waals surface area contributed by atoms with Gasteiger partial charge in [0.05, 0.1) is 0 Å². The van der Waals surface area contributed by atoms with Gasteiger partial charge in [-0.3, -0.25) is 0 Å². The van der Waals surface area contributed by atoms with Gasteiger partial charge in [-0.25, -0.2) is 4.98 Å². The zero-order valence-corrected chi connectivity index (χ0v) is 9.97. The lowest BCUT2D eigenvalue weighted by molar-refractivity contribution is 0.460. The van der Waals surface area contributed by atoms with Gasteiger partial charge >= 0.3 is 0 Å². The SMILES string of the molecule is CCNc1cc(Oc2ccccc2)nc(C)n1. The molecule has 2 aromatic rings. The quantitative estimate of drug-likeness (QED) is 0.875. The van der Waals surface area contributed by atoms with Crippen LogP contribution in [0.15, 0.2) is 36.4 Å². The number of anilines is 1. The zero-order chi connectivity index (χ0) is 12.1. The smallest absolute Gasteiger partial charge is 0.224 e. The number of hydrogen-bond donors (Lipinski definition) is 1. The maximum atomic E-state index is 5.66. The van der Waals surface area contributed by atoms with Crippen molar-refractivity contribution in [3.05, 3.63) is 42.2 Å². The van der Waals surface area contributed by atoms with E-state index in [0.29, 0.717) is 11.7 Å². The van der Waals surface area contributed by atoms with E-state index in [0.717, 1.165) is 18.1 Å². The van der Waals surface area contributed by atoms with E-state index in [4.69, 9.17) is 4.74 Å². The Kier molecular flexibility index (Phi) is 3.55. The standard InChI is InChI=1S/C13H15N3O/c1-3-14-12-9-13(16-10(2)15-12)17-11-7-5-4-6-8-11/h4-9H,3H2,1-2H3,(H,14,15,16). The third kappa shape index (κ3) is 3.17. The molecule has 4 heteroatoms. The molecule has 1 heterocycles. The van der Waals surface area contributed by atoms with Gasteiger partial charge in [-0.15, -0.1) is 0 Å². The van der Waals surface area contributed by atoms with Crippen LogP contribution in [0.25, 0.3) is 0 Å². The topological polar surface area (TPSA) is 47.0 Å². The molecule has 0 saturated carbocycles. The highest BCUT2D eigenvalue weighted by molar-refractivity contribution is 5.39. The van der Waals surface area contributed by atoms with Gasteiger partial charge in [0.25, 0.3) is 0 Å². The fraction of sp³-hybridized carbons (Fsp3) is 0.231. The van der Waals surface area contributed by atoms with E-state index in [1.165, 1.54) is 0 Å². The average Bonchev–Trinajstić information content (AvgIpc) is 2.30. The number of aromatic nitrogens is 2. The summed E-state index contributed by atoms with van der Waals surface area (Å²) in [7, 11) is 0. The van der Waals surface area contributed by atoms with E-state index in [1.807, 2.05) is 44.2 Å². The first-order valence-corrected chi connectivity index (χ1v) is 5.60. The minimum atomic E-state index is 0.555. The number of ether oxygens (including phenoxy) is 1. The summed E-state index contributed by atoms with van der Waals surface area (Å²) < 4.78 is 5.66. The summed E-state index contributed by atoms with van der Waals surface area (Å²) in [6.45, 7) is 4.69. The average molecular weight is 229 g/mol. The molecule has 1 aromatic heterocycles. The highest BCUT2D eigenvalue weighted by Gasteiger charge is 2.03. The van der Waals surface area contributed by atoms with Crippen LogP contribution < -0.4 is 10.1 Å². The minimum absolute atomic E-state index is 0.555. The van der Waals surface area contributed by atoms with Crippen molar-refractivity contribution in [3.8, 4) is 11.6 Å². The summed E-state index contributed by atoms with van der Waals surface area (Å²) in [5, 5.41) is 3.14. The number of aryl methyl sites for hydroxylation is 1. The van der Waals surface area contributed by atoms with Gasteiger partial charge < -0.3 is 10.1 Å². The van der Waals surface area contributed by atoms with E-state index in [1.54, 1.807) is 6.07 Å². The molecule has 4 nitrogen and oxygen atoms in total. The molecule has 0 bridgehead atoms. The normalized spacial score (nSPS) is 10.0. The minimum Gasteiger partial charge on any atom is -0.439 e. The lowest BCUT2D eigenvalue weighted by Crippen LogP contribution is -2.02. The van der Waals surface area contributed by atoms with Gasteiger partial charge in [0.1, 0.15) is 17.4 Å². The third-order valence-electron chi connectivity index (χ3n) is 2.14. The first-order valence-electron chi connectivity index (χ1n) is 5.60. The largest absolute Gasteiger partial charge is 0.439 e. The van der Waals surface area contributed by atoms with Crippen molar-refractivity contribution in [2.75, 3.05) is 11.9 Å². The van der Waals surface area contributed by atoms with E-state index >= 15 is 0 Å². The second-order valence-electron chi connectivity index (χ2n) is 3.58. The van der Waals surface area contributed by atoms with E-state index in [2.05, 4.69) is 15.3 Å². The molecule has 0 saturated heterocycles. The van der Waals surface area contributed by atoms with Crippen LogP contribution in [-0.4, -0.2) is 16.5 Å². The predicted octanol–water partition coefficient (Wildman–Crippen LogP) is 3.01. The molecule has 0 radical (unpaired) electrons. The highest BCUT2D eigenvalue weighted by atomic mass is 16.5. The van der Waals surface area contributed by atoms with E-state index in [-0.39, 0.29) is 0 Å². The Morgan fingerprint density at radius 1 is 1.18 bits per heavy atom. The molecule has 0 atom stereocenters. The monoisotopic (exact) mass is 229 g/mol. The number of hydrogen-bond acceptors (Lipinski definition) is 4. The maximum Gasteiger partial charge on any atom is 0.224 e. The van der Waals surface area contributed by atoms with Crippen molar-refractivity contribution in [1.82, 2.24) is 9.97 Å².